The second-order valence-electron chi connectivity index (χ2n) is 10.3. The maximum absolute atomic E-state index is 14.6. The number of benzene rings is 3. The number of carbonyl (C=O) groups is 3. The molecule has 6 nitrogen and oxygen atoms in total. The zero-order chi connectivity index (χ0) is 24.4. The molecular formula is C30H27N3O3. The van der Waals surface area contributed by atoms with Gasteiger partial charge in [0, 0.05) is 17.3 Å². The fraction of sp³-hybridized carbons (Fsp3) is 0.300. The van der Waals surface area contributed by atoms with Crippen LogP contribution in [0.5, 0.6) is 0 Å². The Hall–Kier alpha value is -3.77. The molecule has 36 heavy (non-hydrogen) atoms. The Morgan fingerprint density at radius 3 is 2.03 bits per heavy atom. The van der Waals surface area contributed by atoms with Crippen molar-refractivity contribution in [2.24, 2.45) is 11.8 Å². The minimum absolute atomic E-state index is 0.0744. The lowest BCUT2D eigenvalue weighted by Gasteiger charge is -2.37. The molecule has 0 aromatic heterocycles. The summed E-state index contributed by atoms with van der Waals surface area (Å²) in [5.41, 5.74) is 2.53. The maximum Gasteiger partial charge on any atom is 0.253 e. The smallest absolute Gasteiger partial charge is 0.253 e. The first-order valence-corrected chi connectivity index (χ1v) is 12.7. The monoisotopic (exact) mass is 477 g/mol. The number of imide groups is 1. The molecule has 3 aromatic carbocycles. The zero-order valence-corrected chi connectivity index (χ0v) is 19.9. The zero-order valence-electron chi connectivity index (χ0n) is 19.9. The van der Waals surface area contributed by atoms with E-state index in [1.807, 2.05) is 89.8 Å². The van der Waals surface area contributed by atoms with Crippen LogP contribution in [0.2, 0.25) is 0 Å². The Kier molecular flexibility index (Phi) is 4.70. The highest BCUT2D eigenvalue weighted by Crippen LogP contribution is 2.61. The van der Waals surface area contributed by atoms with Crippen LogP contribution in [0.25, 0.3) is 0 Å². The summed E-state index contributed by atoms with van der Waals surface area (Å²) in [4.78, 5) is 48.0. The number of fused-ring (bicyclic) bond motifs is 7. The van der Waals surface area contributed by atoms with E-state index < -0.39 is 17.4 Å². The van der Waals surface area contributed by atoms with Crippen molar-refractivity contribution in [3.05, 3.63) is 102 Å². The number of para-hydroxylation sites is 1. The third kappa shape index (κ3) is 2.73. The number of hydrogen-bond acceptors (Lipinski definition) is 4. The number of carbonyl (C=O) groups excluding carboxylic acids is 3. The number of amides is 3. The molecule has 0 radical (unpaired) electrons. The maximum atomic E-state index is 14.6. The molecule has 0 bridgehead atoms. The molecule has 7 rings (SSSR count). The van der Waals surface area contributed by atoms with E-state index in [0.29, 0.717) is 6.54 Å². The fourth-order valence-electron chi connectivity index (χ4n) is 7.24. The molecule has 0 unspecified atom stereocenters. The van der Waals surface area contributed by atoms with Crippen molar-refractivity contribution < 1.29 is 14.4 Å². The summed E-state index contributed by atoms with van der Waals surface area (Å²) in [6, 6.07) is 27.3. The normalized spacial score (nSPS) is 28.8. The van der Waals surface area contributed by atoms with Crippen molar-refractivity contribution in [2.45, 2.75) is 37.5 Å². The van der Waals surface area contributed by atoms with Gasteiger partial charge < -0.3 is 4.90 Å². The molecule has 0 aliphatic carbocycles. The van der Waals surface area contributed by atoms with Crippen LogP contribution in [0.4, 0.5) is 5.69 Å². The number of hydrogen-bond donors (Lipinski definition) is 0. The lowest BCUT2D eigenvalue weighted by atomic mass is 9.75. The van der Waals surface area contributed by atoms with Crippen molar-refractivity contribution in [1.29, 1.82) is 0 Å². The van der Waals surface area contributed by atoms with Crippen LogP contribution in [-0.4, -0.2) is 40.1 Å². The summed E-state index contributed by atoms with van der Waals surface area (Å²) < 4.78 is 0. The van der Waals surface area contributed by atoms with E-state index in [0.717, 1.165) is 41.8 Å². The second-order valence-corrected chi connectivity index (χ2v) is 10.3. The van der Waals surface area contributed by atoms with Crippen LogP contribution < -0.4 is 4.90 Å². The topological polar surface area (TPSA) is 60.9 Å². The average molecular weight is 478 g/mol. The molecule has 4 aliphatic rings. The molecule has 6 heteroatoms. The molecule has 1 spiro atoms. The largest absolute Gasteiger partial charge is 0.306 e. The summed E-state index contributed by atoms with van der Waals surface area (Å²) in [6.07, 6.45) is 1.75. The highest BCUT2D eigenvalue weighted by Gasteiger charge is 2.75. The van der Waals surface area contributed by atoms with E-state index in [1.165, 1.54) is 4.90 Å². The van der Waals surface area contributed by atoms with Gasteiger partial charge in [-0.1, -0.05) is 78.9 Å². The Labute approximate surface area is 210 Å². The summed E-state index contributed by atoms with van der Waals surface area (Å²) in [5.74, 6) is -1.61. The Morgan fingerprint density at radius 1 is 0.722 bits per heavy atom. The van der Waals surface area contributed by atoms with E-state index in [2.05, 4.69) is 4.90 Å². The van der Waals surface area contributed by atoms with E-state index in [9.17, 15) is 14.4 Å². The highest BCUT2D eigenvalue weighted by atomic mass is 16.2. The molecule has 0 N–H and O–H groups in total. The van der Waals surface area contributed by atoms with Gasteiger partial charge in [-0.15, -0.1) is 0 Å². The average Bonchev–Trinajstić information content (AvgIpc) is 3.61. The summed E-state index contributed by atoms with van der Waals surface area (Å²) in [5, 5.41) is 0. The van der Waals surface area contributed by atoms with Gasteiger partial charge in [-0.2, -0.15) is 0 Å². The van der Waals surface area contributed by atoms with Gasteiger partial charge in [0.1, 0.15) is 5.54 Å². The predicted octanol–water partition coefficient (Wildman–Crippen LogP) is 3.71. The van der Waals surface area contributed by atoms with Crippen LogP contribution in [0.15, 0.2) is 84.9 Å². The molecule has 4 atom stereocenters. The van der Waals surface area contributed by atoms with Gasteiger partial charge in [0.2, 0.25) is 11.8 Å². The third-order valence-electron chi connectivity index (χ3n) is 8.60. The van der Waals surface area contributed by atoms with Gasteiger partial charge in [0.25, 0.3) is 5.91 Å². The first-order valence-electron chi connectivity index (χ1n) is 12.7. The minimum Gasteiger partial charge on any atom is -0.306 e. The molecular weight excluding hydrogens is 450 g/mol. The summed E-state index contributed by atoms with van der Waals surface area (Å²) in [7, 11) is 0. The van der Waals surface area contributed by atoms with Crippen LogP contribution in [-0.2, 0) is 33.0 Å². The lowest BCUT2D eigenvalue weighted by Crippen LogP contribution is -2.55. The van der Waals surface area contributed by atoms with E-state index in [-0.39, 0.29) is 30.3 Å². The van der Waals surface area contributed by atoms with Gasteiger partial charge in [0.15, 0.2) is 0 Å². The Morgan fingerprint density at radius 2 is 1.33 bits per heavy atom. The summed E-state index contributed by atoms with van der Waals surface area (Å²) >= 11 is 0. The molecule has 3 saturated heterocycles. The van der Waals surface area contributed by atoms with E-state index in [1.54, 1.807) is 0 Å². The number of anilines is 1. The third-order valence-corrected chi connectivity index (χ3v) is 8.60. The summed E-state index contributed by atoms with van der Waals surface area (Å²) in [6.45, 7) is 1.40. The minimum atomic E-state index is -1.13. The van der Waals surface area contributed by atoms with Crippen LogP contribution in [0.1, 0.15) is 29.5 Å². The quantitative estimate of drug-likeness (QED) is 0.538. The Balaban J connectivity index is 1.36. The molecule has 0 saturated carbocycles. The number of rotatable bonds is 4. The molecule has 4 aliphatic heterocycles. The van der Waals surface area contributed by atoms with E-state index in [4.69, 9.17) is 0 Å². The van der Waals surface area contributed by atoms with Gasteiger partial charge in [0.05, 0.1) is 24.9 Å². The van der Waals surface area contributed by atoms with Crippen molar-refractivity contribution in [3.8, 4) is 0 Å². The van der Waals surface area contributed by atoms with Crippen LogP contribution in [0, 0.1) is 11.8 Å². The van der Waals surface area contributed by atoms with Crippen LogP contribution in [0.3, 0.4) is 0 Å². The van der Waals surface area contributed by atoms with Crippen molar-refractivity contribution in [1.82, 2.24) is 9.80 Å². The van der Waals surface area contributed by atoms with Gasteiger partial charge >= 0.3 is 0 Å². The molecule has 3 fully saturated rings. The lowest BCUT2D eigenvalue weighted by molar-refractivity contribution is -0.146. The second kappa shape index (κ2) is 7.87. The molecule has 4 heterocycles. The standard InChI is InChI=1S/C30H27N3O3/c34-27-25-24-16-9-17-33(24)30(26(25)28(35)32(27)19-21-12-5-2-6-13-21)22-14-7-8-15-23(22)31(29(30)36)18-20-10-3-1-4-11-20/h1-8,10-15,24-26H,9,16-19H2/t24-,25+,26+,30+/m0/s1. The predicted molar refractivity (Wildman–Crippen MR) is 134 cm³/mol. The molecule has 3 aromatic rings. The fourth-order valence-corrected chi connectivity index (χ4v) is 7.24. The van der Waals surface area contributed by atoms with Gasteiger partial charge in [-0.3, -0.25) is 24.2 Å². The Bertz CT molecular complexity index is 1370. The van der Waals surface area contributed by atoms with Gasteiger partial charge in [-0.05, 0) is 36.6 Å². The SMILES string of the molecule is O=C1[C@@H]2[C@@H]3CCCN3[C@@]3(C(=O)N(Cc4ccccc4)c4ccccc43)[C@H]2C(=O)N1Cc1ccccc1. The molecule has 180 valence electrons. The van der Waals surface area contributed by atoms with Crippen LogP contribution >= 0.6 is 0 Å². The highest BCUT2D eigenvalue weighted by molar-refractivity contribution is 6.16. The van der Waals surface area contributed by atoms with Crippen molar-refractivity contribution in [2.75, 3.05) is 11.4 Å². The first kappa shape index (κ1) is 21.5. The van der Waals surface area contributed by atoms with Crippen molar-refractivity contribution >= 4 is 23.4 Å². The van der Waals surface area contributed by atoms with Crippen molar-refractivity contribution in [3.63, 3.8) is 0 Å². The van der Waals surface area contributed by atoms with E-state index >= 15 is 0 Å². The van der Waals surface area contributed by atoms with Gasteiger partial charge in [-0.25, -0.2) is 0 Å². The number of likely N-dealkylation sites (tertiary alicyclic amines) is 1. The molecule has 3 amide bonds. The first-order chi connectivity index (χ1) is 17.6. The number of nitrogens with zero attached hydrogens (tertiary/aromatic N) is 3.